The number of aromatic nitrogens is 2. The monoisotopic (exact) mass is 472 g/mol. The van der Waals surface area contributed by atoms with E-state index in [9.17, 15) is 14.0 Å². The summed E-state index contributed by atoms with van der Waals surface area (Å²) in [6.07, 6.45) is 0. The summed E-state index contributed by atoms with van der Waals surface area (Å²) in [5, 5.41) is 10.0. The van der Waals surface area contributed by atoms with Crippen molar-refractivity contribution in [2.75, 3.05) is 17.7 Å². The number of anilines is 2. The Morgan fingerprint density at radius 1 is 0.914 bits per heavy atom. The second-order valence-electron chi connectivity index (χ2n) is 8.12. The van der Waals surface area contributed by atoms with Crippen molar-refractivity contribution in [1.29, 1.82) is 0 Å². The SMILES string of the molecule is COc1ccc(NC(=O)c2cccc(Cn3nc(C)cc3C)c2)cc1NC(=O)c1cccc(F)c1. The first-order chi connectivity index (χ1) is 16.8. The van der Waals surface area contributed by atoms with Crippen molar-refractivity contribution >= 4 is 23.2 Å². The van der Waals surface area contributed by atoms with Gasteiger partial charge in [-0.25, -0.2) is 4.39 Å². The number of amides is 2. The average molecular weight is 473 g/mol. The van der Waals surface area contributed by atoms with E-state index in [0.717, 1.165) is 23.0 Å². The molecule has 0 fully saturated rings. The van der Waals surface area contributed by atoms with E-state index in [4.69, 9.17) is 4.74 Å². The summed E-state index contributed by atoms with van der Waals surface area (Å²) in [5.41, 5.74) is 4.40. The number of hydrogen-bond donors (Lipinski definition) is 2. The van der Waals surface area contributed by atoms with E-state index in [1.807, 2.05) is 42.8 Å². The lowest BCUT2D eigenvalue weighted by atomic mass is 10.1. The van der Waals surface area contributed by atoms with Gasteiger partial charge >= 0.3 is 0 Å². The van der Waals surface area contributed by atoms with Gasteiger partial charge in [-0.2, -0.15) is 5.10 Å². The van der Waals surface area contributed by atoms with Crippen LogP contribution in [-0.4, -0.2) is 28.7 Å². The normalized spacial score (nSPS) is 10.6. The minimum absolute atomic E-state index is 0.168. The van der Waals surface area contributed by atoms with E-state index < -0.39 is 11.7 Å². The zero-order valence-electron chi connectivity index (χ0n) is 19.6. The van der Waals surface area contributed by atoms with Crippen molar-refractivity contribution in [2.24, 2.45) is 0 Å². The molecular weight excluding hydrogens is 447 g/mol. The Balaban J connectivity index is 1.50. The van der Waals surface area contributed by atoms with Crippen LogP contribution in [0.4, 0.5) is 15.8 Å². The van der Waals surface area contributed by atoms with Crippen LogP contribution in [0, 0.1) is 19.7 Å². The molecule has 4 rings (SSSR count). The third-order valence-corrected chi connectivity index (χ3v) is 5.42. The van der Waals surface area contributed by atoms with Crippen LogP contribution >= 0.6 is 0 Å². The van der Waals surface area contributed by atoms with Crippen molar-refractivity contribution in [2.45, 2.75) is 20.4 Å². The van der Waals surface area contributed by atoms with Gasteiger partial charge in [0.25, 0.3) is 11.8 Å². The topological polar surface area (TPSA) is 85.2 Å². The molecule has 2 N–H and O–H groups in total. The van der Waals surface area contributed by atoms with Crippen molar-refractivity contribution in [3.8, 4) is 5.75 Å². The second-order valence-corrected chi connectivity index (χ2v) is 8.12. The van der Waals surface area contributed by atoms with E-state index in [2.05, 4.69) is 15.7 Å². The van der Waals surface area contributed by atoms with Crippen LogP contribution in [0.2, 0.25) is 0 Å². The maximum Gasteiger partial charge on any atom is 0.255 e. The van der Waals surface area contributed by atoms with Crippen LogP contribution < -0.4 is 15.4 Å². The third-order valence-electron chi connectivity index (χ3n) is 5.42. The van der Waals surface area contributed by atoms with Crippen molar-refractivity contribution in [1.82, 2.24) is 9.78 Å². The number of carbonyl (C=O) groups is 2. The second kappa shape index (κ2) is 10.2. The van der Waals surface area contributed by atoms with Gasteiger partial charge in [0.1, 0.15) is 11.6 Å². The molecule has 35 heavy (non-hydrogen) atoms. The van der Waals surface area contributed by atoms with Gasteiger partial charge in [0, 0.05) is 22.5 Å². The molecule has 0 aliphatic heterocycles. The summed E-state index contributed by atoms with van der Waals surface area (Å²) in [6, 6.07) is 19.6. The number of halogens is 1. The summed E-state index contributed by atoms with van der Waals surface area (Å²) >= 11 is 0. The molecule has 2 amide bonds. The number of rotatable bonds is 7. The molecule has 7 nitrogen and oxygen atoms in total. The Hall–Kier alpha value is -4.46. The fourth-order valence-corrected chi connectivity index (χ4v) is 3.73. The number of methoxy groups -OCH3 is 1. The highest BCUT2D eigenvalue weighted by molar-refractivity contribution is 6.07. The van der Waals surface area contributed by atoms with Crippen molar-refractivity contribution < 1.29 is 18.7 Å². The summed E-state index contributed by atoms with van der Waals surface area (Å²) in [7, 11) is 1.47. The van der Waals surface area contributed by atoms with E-state index >= 15 is 0 Å². The molecule has 4 aromatic rings. The predicted molar refractivity (Wildman–Crippen MR) is 133 cm³/mol. The third kappa shape index (κ3) is 5.73. The van der Waals surface area contributed by atoms with Gasteiger partial charge < -0.3 is 15.4 Å². The summed E-state index contributed by atoms with van der Waals surface area (Å²) in [5.74, 6) is -0.902. The van der Waals surface area contributed by atoms with E-state index in [1.165, 1.54) is 25.3 Å². The summed E-state index contributed by atoms with van der Waals surface area (Å²) in [4.78, 5) is 25.5. The molecule has 8 heteroatoms. The number of nitrogens with one attached hydrogen (secondary N) is 2. The molecule has 0 atom stereocenters. The molecule has 0 radical (unpaired) electrons. The largest absolute Gasteiger partial charge is 0.495 e. The van der Waals surface area contributed by atoms with E-state index in [-0.39, 0.29) is 11.5 Å². The minimum atomic E-state index is -0.509. The van der Waals surface area contributed by atoms with Gasteiger partial charge in [0.05, 0.1) is 25.0 Å². The van der Waals surface area contributed by atoms with Gasteiger partial charge in [-0.05, 0) is 74.0 Å². The Bertz CT molecular complexity index is 1400. The molecule has 0 saturated heterocycles. The van der Waals surface area contributed by atoms with Crippen LogP contribution in [0.25, 0.3) is 0 Å². The number of carbonyl (C=O) groups excluding carboxylic acids is 2. The summed E-state index contributed by atoms with van der Waals surface area (Å²) in [6.45, 7) is 4.49. The van der Waals surface area contributed by atoms with Gasteiger partial charge in [0.2, 0.25) is 0 Å². The van der Waals surface area contributed by atoms with Crippen molar-refractivity contribution in [3.05, 3.63) is 107 Å². The molecule has 0 aliphatic carbocycles. The van der Waals surface area contributed by atoms with E-state index in [0.29, 0.717) is 29.2 Å². The molecule has 0 saturated carbocycles. The fourth-order valence-electron chi connectivity index (χ4n) is 3.73. The van der Waals surface area contributed by atoms with Gasteiger partial charge in [-0.1, -0.05) is 18.2 Å². The Morgan fingerprint density at radius 3 is 2.31 bits per heavy atom. The Morgan fingerprint density at radius 2 is 1.63 bits per heavy atom. The van der Waals surface area contributed by atoms with E-state index in [1.54, 1.807) is 24.3 Å². The quantitative estimate of drug-likeness (QED) is 0.387. The van der Waals surface area contributed by atoms with Crippen LogP contribution in [0.15, 0.2) is 72.8 Å². The maximum atomic E-state index is 13.5. The minimum Gasteiger partial charge on any atom is -0.495 e. The lowest BCUT2D eigenvalue weighted by molar-refractivity contribution is 0.101. The number of benzene rings is 3. The molecule has 178 valence electrons. The Labute approximate surface area is 202 Å². The standard InChI is InChI=1S/C27H25FN4O3/c1-17-12-18(2)32(31-17)16-19-6-4-7-20(13-19)26(33)29-23-10-11-25(35-3)24(15-23)30-27(34)21-8-5-9-22(28)14-21/h4-15H,16H2,1-3H3,(H,29,33)(H,30,34). The highest BCUT2D eigenvalue weighted by Crippen LogP contribution is 2.29. The van der Waals surface area contributed by atoms with Crippen LogP contribution in [0.5, 0.6) is 5.75 Å². The molecule has 1 heterocycles. The highest BCUT2D eigenvalue weighted by atomic mass is 19.1. The summed E-state index contributed by atoms with van der Waals surface area (Å²) < 4.78 is 20.7. The van der Waals surface area contributed by atoms with Gasteiger partial charge in [-0.3, -0.25) is 14.3 Å². The zero-order chi connectivity index (χ0) is 24.9. The average Bonchev–Trinajstić information content (AvgIpc) is 3.15. The molecule has 0 spiro atoms. The van der Waals surface area contributed by atoms with Crippen LogP contribution in [-0.2, 0) is 6.54 Å². The highest BCUT2D eigenvalue weighted by Gasteiger charge is 2.14. The molecular formula is C27H25FN4O3. The zero-order valence-corrected chi connectivity index (χ0v) is 19.6. The first-order valence-corrected chi connectivity index (χ1v) is 11.0. The number of nitrogens with zero attached hydrogens (tertiary/aromatic N) is 2. The number of ether oxygens (including phenoxy) is 1. The van der Waals surface area contributed by atoms with Gasteiger partial charge in [0.15, 0.2) is 0 Å². The first kappa shape index (κ1) is 23.7. The molecule has 3 aromatic carbocycles. The fraction of sp³-hybridized carbons (Fsp3) is 0.148. The lowest BCUT2D eigenvalue weighted by Gasteiger charge is -2.13. The van der Waals surface area contributed by atoms with Crippen molar-refractivity contribution in [3.63, 3.8) is 0 Å². The van der Waals surface area contributed by atoms with Crippen LogP contribution in [0.1, 0.15) is 37.7 Å². The van der Waals surface area contributed by atoms with Crippen LogP contribution in [0.3, 0.4) is 0 Å². The van der Waals surface area contributed by atoms with Gasteiger partial charge in [-0.15, -0.1) is 0 Å². The predicted octanol–water partition coefficient (Wildman–Crippen LogP) is 5.20. The Kier molecular flexibility index (Phi) is 6.91. The molecule has 0 aliphatic rings. The number of aryl methyl sites for hydroxylation is 2. The maximum absolute atomic E-state index is 13.5. The first-order valence-electron chi connectivity index (χ1n) is 11.0. The number of hydrogen-bond acceptors (Lipinski definition) is 4. The molecule has 0 bridgehead atoms. The molecule has 0 unspecified atom stereocenters. The molecule has 1 aromatic heterocycles. The lowest BCUT2D eigenvalue weighted by Crippen LogP contribution is -2.15. The smallest absolute Gasteiger partial charge is 0.255 e.